The van der Waals surface area contributed by atoms with Crippen molar-refractivity contribution in [2.75, 3.05) is 0 Å². The highest BCUT2D eigenvalue weighted by Gasteiger charge is 2.28. The van der Waals surface area contributed by atoms with E-state index in [9.17, 15) is 9.22 Å². The Labute approximate surface area is 440 Å². The topological polar surface area (TPSA) is 50.9 Å². The maximum atomic E-state index is 12.5. The van der Waals surface area contributed by atoms with Crippen LogP contribution in [-0.2, 0) is 10.8 Å². The Kier molecular flexibility index (Phi) is 11.4. The molecule has 2 heterocycles. The Morgan fingerprint density at radius 3 is 1.68 bits per heavy atom. The quantitative estimate of drug-likeness (QED) is 0.157. The number of phenols is 1. The number of nitrogens with zero attached hydrogens (tertiary/aromatic N) is 3. The van der Waals surface area contributed by atoms with Gasteiger partial charge in [0.2, 0.25) is 0 Å². The van der Waals surface area contributed by atoms with Gasteiger partial charge in [-0.05, 0) is 157 Å². The zero-order chi connectivity index (χ0) is 53.8. The highest BCUT2D eigenvalue weighted by molar-refractivity contribution is 5.98. The fourth-order valence-corrected chi connectivity index (χ4v) is 10.5. The van der Waals surface area contributed by atoms with Crippen LogP contribution in [0, 0.1) is 13.8 Å². The molecule has 0 radical (unpaired) electrons. The molecule has 0 spiro atoms. The van der Waals surface area contributed by atoms with Gasteiger partial charge in [-0.3, -0.25) is 9.55 Å². The predicted molar refractivity (Wildman–Crippen MR) is 311 cm³/mol. The number of aromatic nitrogens is 3. The van der Waals surface area contributed by atoms with E-state index in [2.05, 4.69) is 169 Å². The van der Waals surface area contributed by atoms with E-state index in [1.807, 2.05) is 103 Å². The summed E-state index contributed by atoms with van der Waals surface area (Å²) >= 11 is 0. The van der Waals surface area contributed by atoms with Crippen molar-refractivity contribution in [2.45, 2.75) is 66.1 Å². The van der Waals surface area contributed by atoms with Crippen molar-refractivity contribution in [1.82, 2.24) is 14.5 Å². The number of aryl methyl sites for hydroxylation is 2. The van der Waals surface area contributed by atoms with Crippen molar-refractivity contribution in [3.05, 3.63) is 241 Å². The van der Waals surface area contributed by atoms with Gasteiger partial charge in [-0.15, -0.1) is 0 Å². The van der Waals surface area contributed by atoms with Crippen LogP contribution in [0.5, 0.6) is 5.75 Å². The summed E-state index contributed by atoms with van der Waals surface area (Å²) in [6.07, 6.45) is 1.87. The Morgan fingerprint density at radius 1 is 0.446 bits per heavy atom. The molecule has 0 aliphatic carbocycles. The standard InChI is InChI=1S/C70H61N3O/c1-45-38-59(67(74)61(39-45)70(6,7)8)68-72-66-58(27-19-29-64(66)73(68)63-35-34-53(40-46(63)2)65-57(51-24-16-11-17-25-51)26-18-28-60(65)69(3,4)5)55-41-54(48-22-14-10-15-23-48)42-56(43-55)62-44-52(36-37-71-62)50-32-30-49(31-33-50)47-20-12-9-13-21-47/h9-44,74H,1-8H3/i2D3. The molecule has 11 aromatic rings. The third kappa shape index (κ3) is 9.13. The molecule has 0 aliphatic heterocycles. The molecular formula is C70H61N3O. The minimum absolute atomic E-state index is 0.105. The first-order valence-corrected chi connectivity index (χ1v) is 25.4. The summed E-state index contributed by atoms with van der Waals surface area (Å²) < 4.78 is 29.8. The first-order chi connectivity index (χ1) is 36.9. The molecule has 4 heteroatoms. The molecule has 0 fully saturated rings. The summed E-state index contributed by atoms with van der Waals surface area (Å²) in [6.45, 7) is 12.3. The normalized spacial score (nSPS) is 12.6. The lowest BCUT2D eigenvalue weighted by molar-refractivity contribution is 0.448. The molecule has 4 nitrogen and oxygen atoms in total. The molecule has 1 N–H and O–H groups in total. The van der Waals surface area contributed by atoms with E-state index < -0.39 is 12.3 Å². The molecule has 74 heavy (non-hydrogen) atoms. The third-order valence-electron chi connectivity index (χ3n) is 14.2. The molecule has 0 amide bonds. The van der Waals surface area contributed by atoms with Crippen LogP contribution in [0.25, 0.3) is 106 Å². The van der Waals surface area contributed by atoms with Gasteiger partial charge in [-0.25, -0.2) is 4.98 Å². The van der Waals surface area contributed by atoms with Gasteiger partial charge in [0.15, 0.2) is 0 Å². The Bertz CT molecular complexity index is 3980. The number of aromatic hydroxyl groups is 1. The summed E-state index contributed by atoms with van der Waals surface area (Å²) in [5.41, 5.74) is 18.5. The van der Waals surface area contributed by atoms with E-state index in [1.54, 1.807) is 0 Å². The summed E-state index contributed by atoms with van der Waals surface area (Å²) in [5.74, 6) is 0.540. The lowest BCUT2D eigenvalue weighted by Gasteiger charge is -2.26. The number of phenolic OH excluding ortho intramolecular Hbond substituents is 1. The van der Waals surface area contributed by atoms with Crippen molar-refractivity contribution in [2.24, 2.45) is 0 Å². The molecule has 0 atom stereocenters. The van der Waals surface area contributed by atoms with Crippen molar-refractivity contribution >= 4 is 11.0 Å². The Morgan fingerprint density at radius 2 is 1.01 bits per heavy atom. The van der Waals surface area contributed by atoms with Crippen LogP contribution in [0.2, 0.25) is 0 Å². The number of rotatable bonds is 9. The lowest BCUT2D eigenvalue weighted by atomic mass is 9.78. The van der Waals surface area contributed by atoms with Crippen LogP contribution in [0.15, 0.2) is 219 Å². The minimum Gasteiger partial charge on any atom is -0.507 e. The van der Waals surface area contributed by atoms with E-state index in [0.29, 0.717) is 28.1 Å². The smallest absolute Gasteiger partial charge is 0.149 e. The fraction of sp³-hybridized carbons (Fsp3) is 0.143. The summed E-state index contributed by atoms with van der Waals surface area (Å²) in [6, 6.07) is 72.7. The van der Waals surface area contributed by atoms with Gasteiger partial charge in [0.25, 0.3) is 0 Å². The van der Waals surface area contributed by atoms with Crippen LogP contribution in [-0.4, -0.2) is 19.6 Å². The Balaban J connectivity index is 1.14. The second-order valence-electron chi connectivity index (χ2n) is 21.5. The second kappa shape index (κ2) is 19.1. The van der Waals surface area contributed by atoms with Gasteiger partial charge in [0, 0.05) is 27.0 Å². The SMILES string of the molecule is [2H]C([2H])([2H])c1cc(-c2c(-c3ccccc3)cccc2C(C)(C)C)ccc1-n1c(-c2cc(C)cc(C(C)(C)C)c2O)nc2c(-c3cc(-c4ccccc4)cc(-c4cc(-c5ccc(-c6ccccc6)cc5)ccn4)c3)cccc21. The molecule has 2 aromatic heterocycles. The molecule has 0 unspecified atom stereocenters. The van der Waals surface area contributed by atoms with Crippen LogP contribution < -0.4 is 0 Å². The number of hydrogen-bond acceptors (Lipinski definition) is 3. The molecule has 0 bridgehead atoms. The molecule has 362 valence electrons. The van der Waals surface area contributed by atoms with Crippen LogP contribution in [0.1, 0.15) is 67.9 Å². The van der Waals surface area contributed by atoms with Gasteiger partial charge in [0.05, 0.1) is 28.0 Å². The zero-order valence-electron chi connectivity index (χ0n) is 46.1. The van der Waals surface area contributed by atoms with Crippen molar-refractivity contribution in [1.29, 1.82) is 0 Å². The monoisotopic (exact) mass is 963 g/mol. The highest BCUT2D eigenvalue weighted by Crippen LogP contribution is 2.46. The van der Waals surface area contributed by atoms with E-state index in [-0.39, 0.29) is 16.7 Å². The number of benzene rings is 9. The first kappa shape index (κ1) is 44.1. The lowest BCUT2D eigenvalue weighted by Crippen LogP contribution is -2.13. The second-order valence-corrected chi connectivity index (χ2v) is 21.5. The van der Waals surface area contributed by atoms with Crippen molar-refractivity contribution in [3.63, 3.8) is 0 Å². The van der Waals surface area contributed by atoms with E-state index in [4.69, 9.17) is 9.97 Å². The van der Waals surface area contributed by atoms with E-state index in [0.717, 1.165) is 89.1 Å². The zero-order valence-corrected chi connectivity index (χ0v) is 43.1. The van der Waals surface area contributed by atoms with Crippen LogP contribution in [0.4, 0.5) is 0 Å². The predicted octanol–water partition coefficient (Wildman–Crippen LogP) is 18.7. The fourth-order valence-electron chi connectivity index (χ4n) is 10.5. The summed E-state index contributed by atoms with van der Waals surface area (Å²) in [5, 5.41) is 12.5. The number of pyridine rings is 1. The third-order valence-corrected chi connectivity index (χ3v) is 14.2. The molecule has 0 saturated carbocycles. The van der Waals surface area contributed by atoms with Gasteiger partial charge < -0.3 is 5.11 Å². The molecule has 0 aliphatic rings. The van der Waals surface area contributed by atoms with Crippen molar-refractivity contribution < 1.29 is 9.22 Å². The van der Waals surface area contributed by atoms with Gasteiger partial charge in [0.1, 0.15) is 11.6 Å². The minimum atomic E-state index is -2.56. The van der Waals surface area contributed by atoms with Crippen LogP contribution in [0.3, 0.4) is 0 Å². The highest BCUT2D eigenvalue weighted by atomic mass is 16.3. The number of para-hydroxylation sites is 1. The molecular weight excluding hydrogens is 899 g/mol. The number of fused-ring (bicyclic) bond motifs is 1. The maximum Gasteiger partial charge on any atom is 0.149 e. The Hall–Kier alpha value is -8.60. The van der Waals surface area contributed by atoms with E-state index in [1.165, 1.54) is 5.56 Å². The number of hydrogen-bond donors (Lipinski definition) is 1. The molecule has 9 aromatic carbocycles. The number of imidazole rings is 1. The summed E-state index contributed by atoms with van der Waals surface area (Å²) in [7, 11) is 0. The van der Waals surface area contributed by atoms with Gasteiger partial charge in [-0.2, -0.15) is 0 Å². The van der Waals surface area contributed by atoms with Gasteiger partial charge >= 0.3 is 0 Å². The average Bonchev–Trinajstić information content (AvgIpc) is 4.00. The van der Waals surface area contributed by atoms with E-state index >= 15 is 0 Å². The molecule has 11 rings (SSSR count). The maximum absolute atomic E-state index is 12.5. The first-order valence-electron chi connectivity index (χ1n) is 26.9. The van der Waals surface area contributed by atoms with Crippen molar-refractivity contribution in [3.8, 4) is 101 Å². The summed E-state index contributed by atoms with van der Waals surface area (Å²) in [4.78, 5) is 10.5. The largest absolute Gasteiger partial charge is 0.507 e. The van der Waals surface area contributed by atoms with Gasteiger partial charge in [-0.1, -0.05) is 199 Å². The van der Waals surface area contributed by atoms with Crippen LogP contribution >= 0.6 is 0 Å². The average molecular weight is 963 g/mol. The molecule has 0 saturated heterocycles.